The van der Waals surface area contributed by atoms with Crippen LogP contribution in [-0.2, 0) is 28.5 Å². The number of benzene rings is 2. The lowest BCUT2D eigenvalue weighted by atomic mass is 9.82. The lowest BCUT2D eigenvalue weighted by Gasteiger charge is -2.33. The van der Waals surface area contributed by atoms with E-state index in [-0.39, 0.29) is 24.3 Å². The Hall–Kier alpha value is -4.55. The predicted molar refractivity (Wildman–Crippen MR) is 177 cm³/mol. The van der Waals surface area contributed by atoms with Crippen LogP contribution < -0.4 is 5.32 Å². The lowest BCUT2D eigenvalue weighted by Crippen LogP contribution is -2.54. The number of alkyl carbamates (subject to hydrolysis) is 1. The van der Waals surface area contributed by atoms with Crippen molar-refractivity contribution in [2.45, 2.75) is 109 Å². The number of amides is 3. The lowest BCUT2D eigenvalue weighted by molar-refractivity contribution is -0.153. The summed E-state index contributed by atoms with van der Waals surface area (Å²) in [5, 5.41) is 2.58. The van der Waals surface area contributed by atoms with Crippen molar-refractivity contribution in [3.8, 4) is 0 Å². The van der Waals surface area contributed by atoms with Gasteiger partial charge in [0.05, 0.1) is 13.7 Å². The molecule has 0 aliphatic carbocycles. The van der Waals surface area contributed by atoms with Crippen LogP contribution in [0.25, 0.3) is 0 Å². The number of ether oxygens (including phenoxy) is 4. The summed E-state index contributed by atoms with van der Waals surface area (Å²) in [6.45, 7) is 10.3. The molecule has 0 saturated heterocycles. The molecule has 2 atom stereocenters. The second-order valence-corrected chi connectivity index (χ2v) is 13.4. The van der Waals surface area contributed by atoms with Gasteiger partial charge in [0, 0.05) is 25.2 Å². The fourth-order valence-electron chi connectivity index (χ4n) is 4.97. The topological polar surface area (TPSA) is 138 Å². The van der Waals surface area contributed by atoms with E-state index in [1.807, 2.05) is 0 Å². The Morgan fingerprint density at radius 1 is 0.796 bits per heavy atom. The van der Waals surface area contributed by atoms with Crippen molar-refractivity contribution in [1.29, 1.82) is 0 Å². The zero-order valence-corrected chi connectivity index (χ0v) is 29.4. The van der Waals surface area contributed by atoms with Crippen LogP contribution in [0.3, 0.4) is 0 Å². The van der Waals surface area contributed by atoms with E-state index < -0.39 is 78.0 Å². The molecule has 0 saturated carbocycles. The first-order valence-corrected chi connectivity index (χ1v) is 16.0. The Morgan fingerprint density at radius 3 is 1.67 bits per heavy atom. The summed E-state index contributed by atoms with van der Waals surface area (Å²) in [6.07, 6.45) is -6.58. The molecule has 1 N–H and O–H groups in total. The largest absolute Gasteiger partial charge is 0.464 e. The fraction of sp³-hybridized carbons (Fsp3) is 0.528. The van der Waals surface area contributed by atoms with Crippen LogP contribution in [0, 0.1) is 0 Å². The van der Waals surface area contributed by atoms with E-state index in [1.165, 1.54) is 48.5 Å². The van der Waals surface area contributed by atoms with Gasteiger partial charge in [-0.15, -0.1) is 0 Å². The number of rotatable bonds is 14. The highest BCUT2D eigenvalue weighted by molar-refractivity contribution is 5.94. The molecule has 0 heterocycles. The molecular formula is C36H48F2N2O9. The number of Topliss-reactive ketones (excluding diaryl/α,β-unsaturated/α-hetero) is 1. The van der Waals surface area contributed by atoms with Crippen molar-refractivity contribution in [2.75, 3.05) is 13.7 Å². The maximum Gasteiger partial charge on any atom is 0.420 e. The molecule has 0 bridgehead atoms. The first-order chi connectivity index (χ1) is 22.8. The molecule has 2 aromatic carbocycles. The van der Waals surface area contributed by atoms with Crippen LogP contribution in [0.1, 0.15) is 91.2 Å². The van der Waals surface area contributed by atoms with Gasteiger partial charge in [-0.25, -0.2) is 28.0 Å². The molecule has 3 amide bonds. The molecule has 0 unspecified atom stereocenters. The van der Waals surface area contributed by atoms with Crippen LogP contribution in [-0.4, -0.2) is 77.9 Å². The first-order valence-electron chi connectivity index (χ1n) is 16.0. The molecule has 0 aromatic heterocycles. The molecular weight excluding hydrogens is 642 g/mol. The van der Waals surface area contributed by atoms with Gasteiger partial charge >= 0.3 is 24.2 Å². The van der Waals surface area contributed by atoms with E-state index in [0.717, 1.165) is 7.11 Å². The maximum absolute atomic E-state index is 15.7. The molecule has 0 spiro atoms. The normalized spacial score (nSPS) is 13.1. The summed E-state index contributed by atoms with van der Waals surface area (Å²) in [5.41, 5.74) is -0.886. The third-order valence-corrected chi connectivity index (χ3v) is 6.96. The van der Waals surface area contributed by atoms with Crippen LogP contribution in [0.4, 0.5) is 23.2 Å². The fourth-order valence-corrected chi connectivity index (χ4v) is 4.97. The number of alkyl halides is 2. The summed E-state index contributed by atoms with van der Waals surface area (Å²) in [5.74, 6) is -6.14. The molecule has 0 radical (unpaired) electrons. The van der Waals surface area contributed by atoms with E-state index in [0.29, 0.717) is 11.1 Å². The minimum atomic E-state index is -3.68. The van der Waals surface area contributed by atoms with E-state index in [2.05, 4.69) is 5.32 Å². The monoisotopic (exact) mass is 690 g/mol. The average Bonchev–Trinajstić information content (AvgIpc) is 2.99. The van der Waals surface area contributed by atoms with Gasteiger partial charge in [0.2, 0.25) is 0 Å². The smallest absolute Gasteiger partial charge is 0.420 e. The van der Waals surface area contributed by atoms with Gasteiger partial charge in [-0.05, 0) is 66.0 Å². The summed E-state index contributed by atoms with van der Waals surface area (Å²) in [4.78, 5) is 65.7. The number of carbonyl (C=O) groups excluding carboxylic acids is 5. The van der Waals surface area contributed by atoms with E-state index >= 15 is 8.78 Å². The zero-order valence-electron chi connectivity index (χ0n) is 29.4. The van der Waals surface area contributed by atoms with Gasteiger partial charge < -0.3 is 24.3 Å². The number of hydrogen-bond donors (Lipinski definition) is 1. The summed E-state index contributed by atoms with van der Waals surface area (Å²) in [7, 11) is 1.15. The number of nitrogens with one attached hydrogen (secondary N) is 1. The van der Waals surface area contributed by atoms with Crippen LogP contribution >= 0.6 is 0 Å². The van der Waals surface area contributed by atoms with Gasteiger partial charge in [-0.3, -0.25) is 4.79 Å². The second-order valence-electron chi connectivity index (χ2n) is 13.4. The Morgan fingerprint density at radius 2 is 1.27 bits per heavy atom. The minimum absolute atomic E-state index is 0.216. The number of nitrogens with zero attached hydrogens (tertiary/aromatic N) is 1. The molecule has 49 heavy (non-hydrogen) atoms. The molecule has 11 nitrogen and oxygen atoms in total. The Balaban J connectivity index is 2.37. The number of ketones is 1. The van der Waals surface area contributed by atoms with E-state index in [1.54, 1.807) is 60.7 Å². The quantitative estimate of drug-likeness (QED) is 0.159. The number of hydrogen-bond acceptors (Lipinski definition) is 9. The molecule has 13 heteroatoms. The zero-order chi connectivity index (χ0) is 37.0. The number of carbonyl (C=O) groups is 5. The van der Waals surface area contributed by atoms with Gasteiger partial charge in [-0.2, -0.15) is 4.90 Å². The Labute approximate surface area is 286 Å². The summed E-state index contributed by atoms with van der Waals surface area (Å²) in [6, 6.07) is 14.6. The maximum atomic E-state index is 15.7. The predicted octanol–water partition coefficient (Wildman–Crippen LogP) is 7.41. The van der Waals surface area contributed by atoms with Crippen molar-refractivity contribution < 1.29 is 51.7 Å². The minimum Gasteiger partial charge on any atom is -0.464 e. The van der Waals surface area contributed by atoms with Gasteiger partial charge in [0.25, 0.3) is 5.92 Å². The van der Waals surface area contributed by atoms with Crippen molar-refractivity contribution in [3.63, 3.8) is 0 Å². The van der Waals surface area contributed by atoms with E-state index in [4.69, 9.17) is 18.9 Å². The first kappa shape index (κ1) is 40.6. The highest BCUT2D eigenvalue weighted by atomic mass is 19.3. The number of methoxy groups -OCH3 is 1. The highest BCUT2D eigenvalue weighted by Gasteiger charge is 2.46. The Bertz CT molecular complexity index is 1340. The van der Waals surface area contributed by atoms with Crippen molar-refractivity contribution in [2.24, 2.45) is 0 Å². The van der Waals surface area contributed by atoms with E-state index in [9.17, 15) is 24.0 Å². The van der Waals surface area contributed by atoms with Crippen molar-refractivity contribution in [3.05, 3.63) is 71.8 Å². The standard InChI is InChI=1S/C36H48F2N2O9/c1-9-47-30(42)26(40(32(44)48-34(2,3)4)33(45)49-35(5,6)7)23-36(37,38)22-16-21-27(41)29(39-31(43)46-8)28(24-17-12-10-13-18-24)25-19-14-11-15-20-25/h10-15,17-20,26,28-29H,9,16,21-23H2,1-8H3,(H,39,43)/t26-,29+/m0/s1. The van der Waals surface area contributed by atoms with Crippen molar-refractivity contribution >= 4 is 30.0 Å². The van der Waals surface area contributed by atoms with Crippen LogP contribution in [0.2, 0.25) is 0 Å². The molecule has 270 valence electrons. The molecule has 2 aromatic rings. The van der Waals surface area contributed by atoms with Crippen molar-refractivity contribution in [1.82, 2.24) is 10.2 Å². The van der Waals surface area contributed by atoms with Crippen LogP contribution in [0.5, 0.6) is 0 Å². The summed E-state index contributed by atoms with van der Waals surface area (Å²) < 4.78 is 51.7. The average molecular weight is 691 g/mol. The van der Waals surface area contributed by atoms with Gasteiger partial charge in [-0.1, -0.05) is 60.7 Å². The summed E-state index contributed by atoms with van der Waals surface area (Å²) >= 11 is 0. The molecule has 0 aliphatic heterocycles. The van der Waals surface area contributed by atoms with Gasteiger partial charge in [0.1, 0.15) is 23.3 Å². The number of imide groups is 1. The highest BCUT2D eigenvalue weighted by Crippen LogP contribution is 2.33. The third-order valence-electron chi connectivity index (χ3n) is 6.96. The third kappa shape index (κ3) is 13.5. The molecule has 0 fully saturated rings. The number of halogens is 2. The van der Waals surface area contributed by atoms with Crippen LogP contribution in [0.15, 0.2) is 60.7 Å². The molecule has 2 rings (SSSR count). The number of esters is 1. The molecule has 0 aliphatic rings. The SMILES string of the molecule is CCOC(=O)[C@H](CC(F)(F)CCCC(=O)[C@@H](NC(=O)OC)C(c1ccccc1)c1ccccc1)N(C(=O)OC(C)(C)C)C(=O)OC(C)(C)C. The van der Waals surface area contributed by atoms with Gasteiger partial charge in [0.15, 0.2) is 5.78 Å². The Kier molecular flexibility index (Phi) is 14.7. The second kappa shape index (κ2) is 17.7.